The largest absolute Gasteiger partial charge is 0.448 e. The van der Waals surface area contributed by atoms with Gasteiger partial charge >= 0.3 is 5.97 Å². The normalized spacial score (nSPS) is 12.0. The van der Waals surface area contributed by atoms with E-state index in [-0.39, 0.29) is 21.5 Å². The van der Waals surface area contributed by atoms with Crippen molar-refractivity contribution in [3.63, 3.8) is 0 Å². The molecule has 2 N–H and O–H groups in total. The minimum atomic E-state index is -1.26. The molecule has 2 heterocycles. The molecule has 0 unspecified atom stereocenters. The summed E-state index contributed by atoms with van der Waals surface area (Å²) < 4.78 is 31.7. The molecule has 0 saturated heterocycles. The van der Waals surface area contributed by atoms with Crippen molar-refractivity contribution in [2.45, 2.75) is 26.9 Å². The van der Waals surface area contributed by atoms with Crippen molar-refractivity contribution in [3.8, 4) is 0 Å². The average Bonchev–Trinajstić information content (AvgIpc) is 2.93. The van der Waals surface area contributed by atoms with E-state index in [1.165, 1.54) is 6.92 Å². The third-order valence-corrected chi connectivity index (χ3v) is 5.11. The molecule has 0 bridgehead atoms. The summed E-state index contributed by atoms with van der Waals surface area (Å²) in [4.78, 5) is 44.0. The Labute approximate surface area is 161 Å². The van der Waals surface area contributed by atoms with Crippen LogP contribution < -0.4 is 10.9 Å². The molecule has 3 aromatic rings. The van der Waals surface area contributed by atoms with E-state index in [4.69, 9.17) is 4.74 Å². The number of thiophene rings is 1. The van der Waals surface area contributed by atoms with Crippen molar-refractivity contribution in [1.82, 2.24) is 9.97 Å². The highest BCUT2D eigenvalue weighted by atomic mass is 32.1. The molecule has 0 radical (unpaired) electrons. The van der Waals surface area contributed by atoms with E-state index in [1.54, 1.807) is 13.8 Å². The molecule has 2 aromatic heterocycles. The number of fused-ring (bicyclic) bond motifs is 1. The summed E-state index contributed by atoms with van der Waals surface area (Å²) in [6, 6.07) is 2.68. The molecule has 146 valence electrons. The molecular formula is C18H15F2N3O4S. The number of aromatic nitrogens is 2. The molecule has 10 heteroatoms. The fraction of sp³-hybridized carbons (Fsp3) is 0.222. The second-order valence-corrected chi connectivity index (χ2v) is 7.05. The zero-order chi connectivity index (χ0) is 20.6. The highest BCUT2D eigenvalue weighted by molar-refractivity contribution is 7.20. The molecule has 0 spiro atoms. The van der Waals surface area contributed by atoms with Crippen molar-refractivity contribution in [2.75, 3.05) is 5.32 Å². The van der Waals surface area contributed by atoms with Crippen LogP contribution in [0.5, 0.6) is 0 Å². The minimum absolute atomic E-state index is 0.145. The van der Waals surface area contributed by atoms with E-state index in [0.717, 1.165) is 23.5 Å². The van der Waals surface area contributed by atoms with Crippen molar-refractivity contribution in [2.24, 2.45) is 0 Å². The highest BCUT2D eigenvalue weighted by Crippen LogP contribution is 2.28. The van der Waals surface area contributed by atoms with Crippen molar-refractivity contribution >= 4 is 39.1 Å². The van der Waals surface area contributed by atoms with Crippen LogP contribution in [0.3, 0.4) is 0 Å². The Morgan fingerprint density at radius 1 is 1.29 bits per heavy atom. The van der Waals surface area contributed by atoms with Crippen molar-refractivity contribution in [3.05, 3.63) is 56.5 Å². The molecule has 1 aromatic carbocycles. The molecular weight excluding hydrogens is 392 g/mol. The van der Waals surface area contributed by atoms with Gasteiger partial charge in [0.25, 0.3) is 11.5 Å². The standard InChI is InChI=1S/C18H15F2N3O4S/c1-7-13-16(25)21-9(3)22-17(13)28-14(7)18(26)27-8(2)15(24)23-12-5-4-10(19)6-11(12)20/h4-6,8H,1-3H3,(H,23,24)(H,21,22,25)/t8-/m0/s1. The number of aryl methyl sites for hydroxylation is 2. The first-order valence-corrected chi connectivity index (χ1v) is 8.96. The van der Waals surface area contributed by atoms with E-state index >= 15 is 0 Å². The SMILES string of the molecule is Cc1nc2sc(C(=O)O[C@@H](C)C(=O)Nc3ccc(F)cc3F)c(C)c2c(=O)[nH]1. The summed E-state index contributed by atoms with van der Waals surface area (Å²) in [5, 5.41) is 2.52. The molecule has 7 nitrogen and oxygen atoms in total. The van der Waals surface area contributed by atoms with Crippen LogP contribution in [0.15, 0.2) is 23.0 Å². The lowest BCUT2D eigenvalue weighted by Gasteiger charge is -2.13. The van der Waals surface area contributed by atoms with Crippen molar-refractivity contribution < 1.29 is 23.1 Å². The zero-order valence-electron chi connectivity index (χ0n) is 15.1. The quantitative estimate of drug-likeness (QED) is 0.648. The first-order valence-electron chi connectivity index (χ1n) is 8.14. The monoisotopic (exact) mass is 407 g/mol. The van der Waals surface area contributed by atoms with Crippen LogP contribution in [0.2, 0.25) is 0 Å². The minimum Gasteiger partial charge on any atom is -0.448 e. The Hall–Kier alpha value is -3.14. The maximum atomic E-state index is 13.6. The summed E-state index contributed by atoms with van der Waals surface area (Å²) in [7, 11) is 0. The summed E-state index contributed by atoms with van der Waals surface area (Å²) in [6.07, 6.45) is -1.26. The number of carbonyl (C=O) groups excluding carboxylic acids is 2. The number of H-pyrrole nitrogens is 1. The van der Waals surface area contributed by atoms with Crippen LogP contribution in [0.1, 0.15) is 28.0 Å². The molecule has 0 saturated carbocycles. The van der Waals surface area contributed by atoms with Gasteiger partial charge in [-0.15, -0.1) is 11.3 Å². The molecule has 28 heavy (non-hydrogen) atoms. The number of hydrogen-bond donors (Lipinski definition) is 2. The number of rotatable bonds is 4. The number of aromatic amines is 1. The Morgan fingerprint density at radius 2 is 2.00 bits per heavy atom. The fourth-order valence-electron chi connectivity index (χ4n) is 2.54. The average molecular weight is 407 g/mol. The number of esters is 1. The van der Waals surface area contributed by atoms with E-state index in [1.807, 2.05) is 0 Å². The zero-order valence-corrected chi connectivity index (χ0v) is 15.9. The van der Waals surface area contributed by atoms with Gasteiger partial charge in [-0.25, -0.2) is 18.6 Å². The second-order valence-electron chi connectivity index (χ2n) is 6.05. The Kier molecular flexibility index (Phi) is 5.23. The Bertz CT molecular complexity index is 1160. The van der Waals surface area contributed by atoms with Crippen molar-refractivity contribution in [1.29, 1.82) is 0 Å². The van der Waals surface area contributed by atoms with Crippen LogP contribution in [-0.4, -0.2) is 27.9 Å². The number of amides is 1. The maximum absolute atomic E-state index is 13.6. The second kappa shape index (κ2) is 7.47. The number of nitrogens with zero attached hydrogens (tertiary/aromatic N) is 1. The van der Waals surface area contributed by atoms with E-state index in [9.17, 15) is 23.2 Å². The van der Waals surface area contributed by atoms with Crippen LogP contribution in [0.25, 0.3) is 10.2 Å². The molecule has 3 rings (SSSR count). The van der Waals surface area contributed by atoms with E-state index in [0.29, 0.717) is 22.3 Å². The van der Waals surface area contributed by atoms with Gasteiger partial charge in [0.15, 0.2) is 6.10 Å². The number of ether oxygens (including phenoxy) is 1. The van der Waals surface area contributed by atoms with E-state index < -0.39 is 29.6 Å². The van der Waals surface area contributed by atoms with Gasteiger partial charge in [0.2, 0.25) is 0 Å². The topological polar surface area (TPSA) is 101 Å². The van der Waals surface area contributed by atoms with Gasteiger partial charge in [0, 0.05) is 6.07 Å². The number of hydrogen-bond acceptors (Lipinski definition) is 6. The number of halogens is 2. The van der Waals surface area contributed by atoms with Gasteiger partial charge in [-0.1, -0.05) is 0 Å². The predicted octanol–water partition coefficient (Wildman–Crippen LogP) is 3.06. The van der Waals surface area contributed by atoms with Crippen LogP contribution in [0, 0.1) is 25.5 Å². The Balaban J connectivity index is 1.78. The number of nitrogens with one attached hydrogen (secondary N) is 2. The summed E-state index contributed by atoms with van der Waals surface area (Å²) in [5.74, 6) is -2.92. The molecule has 0 fully saturated rings. The highest BCUT2D eigenvalue weighted by Gasteiger charge is 2.24. The van der Waals surface area contributed by atoms with Gasteiger partial charge in [0.1, 0.15) is 27.2 Å². The van der Waals surface area contributed by atoms with Crippen LogP contribution >= 0.6 is 11.3 Å². The third kappa shape index (κ3) is 3.77. The lowest BCUT2D eigenvalue weighted by Crippen LogP contribution is -2.30. The maximum Gasteiger partial charge on any atom is 0.349 e. The van der Waals surface area contributed by atoms with Gasteiger partial charge in [-0.05, 0) is 38.5 Å². The first kappa shape index (κ1) is 19.6. The van der Waals surface area contributed by atoms with Gasteiger partial charge < -0.3 is 15.0 Å². The Morgan fingerprint density at radius 3 is 2.68 bits per heavy atom. The van der Waals surface area contributed by atoms with E-state index in [2.05, 4.69) is 15.3 Å². The summed E-state index contributed by atoms with van der Waals surface area (Å²) in [6.45, 7) is 4.52. The predicted molar refractivity (Wildman–Crippen MR) is 99.6 cm³/mol. The van der Waals surface area contributed by atoms with Crippen LogP contribution in [-0.2, 0) is 9.53 Å². The van der Waals surface area contributed by atoms with Gasteiger partial charge in [-0.3, -0.25) is 9.59 Å². The number of carbonyl (C=O) groups is 2. The number of benzene rings is 1. The molecule has 0 aliphatic heterocycles. The van der Waals surface area contributed by atoms with Crippen LogP contribution in [0.4, 0.5) is 14.5 Å². The lowest BCUT2D eigenvalue weighted by atomic mass is 10.2. The molecule has 1 amide bonds. The third-order valence-electron chi connectivity index (χ3n) is 3.95. The molecule has 0 aliphatic carbocycles. The smallest absolute Gasteiger partial charge is 0.349 e. The lowest BCUT2D eigenvalue weighted by molar-refractivity contribution is -0.123. The number of anilines is 1. The molecule has 1 atom stereocenters. The molecule has 0 aliphatic rings. The fourth-order valence-corrected chi connectivity index (χ4v) is 3.65. The summed E-state index contributed by atoms with van der Waals surface area (Å²) >= 11 is 0.983. The summed E-state index contributed by atoms with van der Waals surface area (Å²) in [5.41, 5.74) is -0.206. The first-order chi connectivity index (χ1) is 13.2. The van der Waals surface area contributed by atoms with Gasteiger partial charge in [-0.2, -0.15) is 0 Å². The van der Waals surface area contributed by atoms with Gasteiger partial charge in [0.05, 0.1) is 11.1 Å².